The second-order valence-electron chi connectivity index (χ2n) is 3.84. The van der Waals surface area contributed by atoms with Crippen molar-refractivity contribution in [2.45, 2.75) is 11.8 Å². The molecule has 0 aliphatic carbocycles. The Hall–Kier alpha value is -0.730. The Balaban J connectivity index is 2.55. The van der Waals surface area contributed by atoms with E-state index in [1.807, 2.05) is 6.07 Å². The smallest absolute Gasteiger partial charge is 0.0380 e. The molecule has 0 fully saturated rings. The van der Waals surface area contributed by atoms with Crippen molar-refractivity contribution in [1.82, 2.24) is 0 Å². The quantitative estimate of drug-likeness (QED) is 0.625. The van der Waals surface area contributed by atoms with Crippen LogP contribution in [0.2, 0.25) is 0 Å². The van der Waals surface area contributed by atoms with Gasteiger partial charge in [0.25, 0.3) is 0 Å². The zero-order valence-corrected chi connectivity index (χ0v) is 8.52. The van der Waals surface area contributed by atoms with Gasteiger partial charge >= 0.3 is 0 Å². The standard InChI is InChI=1S/C11H15NS/c1-13(2)7-9-5-3-4-6-10(9)11(12)8-13/h3-6,11H,1-2,7-8,12H2. The van der Waals surface area contributed by atoms with Gasteiger partial charge in [0.2, 0.25) is 0 Å². The molecule has 1 aromatic rings. The molecule has 13 heavy (non-hydrogen) atoms. The summed E-state index contributed by atoms with van der Waals surface area (Å²) in [6.45, 7) is 0. The molecule has 1 unspecified atom stereocenters. The van der Waals surface area contributed by atoms with Crippen LogP contribution in [0.3, 0.4) is 0 Å². The molecular weight excluding hydrogens is 178 g/mol. The van der Waals surface area contributed by atoms with Crippen LogP contribution in [0, 0.1) is 0 Å². The first-order chi connectivity index (χ1) is 6.08. The Kier molecular flexibility index (Phi) is 1.97. The summed E-state index contributed by atoms with van der Waals surface area (Å²) in [5.74, 6) is 10.3. The number of hydrogen-bond donors (Lipinski definition) is 1. The van der Waals surface area contributed by atoms with Gasteiger partial charge in [-0.25, -0.2) is 9.21 Å². The average molecular weight is 193 g/mol. The van der Waals surface area contributed by atoms with Crippen LogP contribution in [-0.4, -0.2) is 17.5 Å². The molecule has 1 heterocycles. The van der Waals surface area contributed by atoms with Crippen molar-refractivity contribution in [3.05, 3.63) is 35.4 Å². The molecule has 0 amide bonds. The van der Waals surface area contributed by atoms with E-state index < -0.39 is 9.21 Å². The number of rotatable bonds is 0. The van der Waals surface area contributed by atoms with Gasteiger partial charge in [-0.2, -0.15) is 0 Å². The summed E-state index contributed by atoms with van der Waals surface area (Å²) in [4.78, 5) is 0. The van der Waals surface area contributed by atoms with E-state index in [0.29, 0.717) is 0 Å². The number of nitrogens with two attached hydrogens (primary N) is 1. The van der Waals surface area contributed by atoms with Crippen molar-refractivity contribution < 1.29 is 0 Å². The predicted octanol–water partition coefficient (Wildman–Crippen LogP) is 1.87. The second-order valence-corrected chi connectivity index (χ2v) is 6.91. The van der Waals surface area contributed by atoms with Gasteiger partial charge in [-0.3, -0.25) is 0 Å². The zero-order valence-electron chi connectivity index (χ0n) is 7.70. The van der Waals surface area contributed by atoms with Crippen LogP contribution < -0.4 is 5.73 Å². The molecule has 1 aliphatic heterocycles. The number of fused-ring (bicyclic) bond motifs is 1. The van der Waals surface area contributed by atoms with Crippen LogP contribution in [0.4, 0.5) is 0 Å². The second kappa shape index (κ2) is 2.89. The first kappa shape index (κ1) is 8.85. The Bertz CT molecular complexity index is 417. The molecule has 70 valence electrons. The zero-order chi connectivity index (χ0) is 9.47. The Labute approximate surface area is 80.1 Å². The van der Waals surface area contributed by atoms with E-state index in [9.17, 15) is 0 Å². The van der Waals surface area contributed by atoms with Crippen LogP contribution in [0.15, 0.2) is 24.3 Å². The lowest BCUT2D eigenvalue weighted by Crippen LogP contribution is -2.21. The number of benzene rings is 1. The van der Waals surface area contributed by atoms with Crippen molar-refractivity contribution in [2.75, 3.05) is 5.75 Å². The largest absolute Gasteiger partial charge is 0.323 e. The van der Waals surface area contributed by atoms with E-state index in [1.54, 1.807) is 0 Å². The summed E-state index contributed by atoms with van der Waals surface area (Å²) in [7, 11) is -0.970. The van der Waals surface area contributed by atoms with Gasteiger partial charge in [-0.1, -0.05) is 36.0 Å². The lowest BCUT2D eigenvalue weighted by Gasteiger charge is -2.28. The molecule has 0 radical (unpaired) electrons. The lowest BCUT2D eigenvalue weighted by atomic mass is 10.0. The lowest BCUT2D eigenvalue weighted by molar-refractivity contribution is 0.808. The summed E-state index contributed by atoms with van der Waals surface area (Å²) in [6, 6.07) is 8.52. The first-order valence-electron chi connectivity index (χ1n) is 4.37. The van der Waals surface area contributed by atoms with Crippen LogP contribution in [0.1, 0.15) is 17.2 Å². The Morgan fingerprint density at radius 2 is 2.00 bits per heavy atom. The van der Waals surface area contributed by atoms with Gasteiger partial charge in [0, 0.05) is 17.5 Å². The maximum Gasteiger partial charge on any atom is 0.0380 e. The van der Waals surface area contributed by atoms with Gasteiger partial charge in [0.15, 0.2) is 0 Å². The maximum atomic E-state index is 6.06. The van der Waals surface area contributed by atoms with E-state index in [-0.39, 0.29) is 6.04 Å². The molecule has 0 saturated carbocycles. The average Bonchev–Trinajstić information content (AvgIpc) is 2.02. The third kappa shape index (κ3) is 1.64. The van der Waals surface area contributed by atoms with Crippen molar-refractivity contribution in [3.63, 3.8) is 0 Å². The van der Waals surface area contributed by atoms with Crippen molar-refractivity contribution in [2.24, 2.45) is 5.73 Å². The summed E-state index contributed by atoms with van der Waals surface area (Å²) in [5, 5.41) is 0. The molecular formula is C11H15NS. The molecule has 0 saturated heterocycles. The molecule has 0 aromatic heterocycles. The summed E-state index contributed by atoms with van der Waals surface area (Å²) in [5.41, 5.74) is 8.70. The Morgan fingerprint density at radius 1 is 1.31 bits per heavy atom. The topological polar surface area (TPSA) is 26.0 Å². The molecule has 1 aliphatic rings. The molecule has 1 atom stereocenters. The molecule has 2 N–H and O–H groups in total. The highest BCUT2D eigenvalue weighted by Gasteiger charge is 2.19. The van der Waals surface area contributed by atoms with Crippen LogP contribution in [0.25, 0.3) is 0 Å². The van der Waals surface area contributed by atoms with E-state index in [4.69, 9.17) is 5.73 Å². The first-order valence-corrected chi connectivity index (χ1v) is 6.68. The van der Waals surface area contributed by atoms with Gasteiger partial charge in [-0.05, 0) is 11.1 Å². The van der Waals surface area contributed by atoms with Gasteiger partial charge in [0.05, 0.1) is 0 Å². The molecule has 1 aromatic carbocycles. The Morgan fingerprint density at radius 3 is 2.77 bits per heavy atom. The fourth-order valence-corrected chi connectivity index (χ4v) is 3.87. The van der Waals surface area contributed by atoms with Crippen molar-refractivity contribution in [1.29, 1.82) is 0 Å². The van der Waals surface area contributed by atoms with E-state index in [1.165, 1.54) is 11.1 Å². The molecule has 2 rings (SSSR count). The van der Waals surface area contributed by atoms with E-state index in [2.05, 4.69) is 29.9 Å². The highest BCUT2D eigenvalue weighted by molar-refractivity contribution is 8.27. The normalized spacial score (nSPS) is 25.2. The minimum Gasteiger partial charge on any atom is -0.323 e. The SMILES string of the molecule is C=S1(=C)Cc2ccccc2C(N)C1. The summed E-state index contributed by atoms with van der Waals surface area (Å²) >= 11 is 0. The summed E-state index contributed by atoms with van der Waals surface area (Å²) < 4.78 is 0. The molecule has 2 heteroatoms. The molecule has 0 bridgehead atoms. The molecule has 0 spiro atoms. The van der Waals surface area contributed by atoms with Gasteiger partial charge in [-0.15, -0.1) is 0 Å². The van der Waals surface area contributed by atoms with Crippen LogP contribution in [-0.2, 0) is 5.75 Å². The van der Waals surface area contributed by atoms with Crippen molar-refractivity contribution in [3.8, 4) is 0 Å². The highest BCUT2D eigenvalue weighted by Crippen LogP contribution is 2.37. The monoisotopic (exact) mass is 193 g/mol. The van der Waals surface area contributed by atoms with Gasteiger partial charge < -0.3 is 5.73 Å². The third-order valence-corrected chi connectivity index (χ3v) is 4.44. The number of hydrogen-bond acceptors (Lipinski definition) is 1. The maximum absolute atomic E-state index is 6.06. The molecule has 1 nitrogen and oxygen atoms in total. The van der Waals surface area contributed by atoms with E-state index >= 15 is 0 Å². The highest BCUT2D eigenvalue weighted by atomic mass is 32.2. The minimum atomic E-state index is -0.970. The fourth-order valence-electron chi connectivity index (χ4n) is 1.89. The van der Waals surface area contributed by atoms with Crippen LogP contribution in [0.5, 0.6) is 0 Å². The fraction of sp³-hybridized carbons (Fsp3) is 0.273. The van der Waals surface area contributed by atoms with Crippen LogP contribution >= 0.6 is 9.21 Å². The summed E-state index contributed by atoms with van der Waals surface area (Å²) in [6.07, 6.45) is 0. The van der Waals surface area contributed by atoms with E-state index in [0.717, 1.165) is 11.5 Å². The predicted molar refractivity (Wildman–Crippen MR) is 63.8 cm³/mol. The van der Waals surface area contributed by atoms with Crippen molar-refractivity contribution >= 4 is 20.9 Å². The minimum absolute atomic E-state index is 0.148. The third-order valence-electron chi connectivity index (χ3n) is 2.45. The van der Waals surface area contributed by atoms with Gasteiger partial charge in [0.1, 0.15) is 0 Å².